The first-order valence-electron chi connectivity index (χ1n) is 11.7. The monoisotopic (exact) mass is 500 g/mol. The Kier molecular flexibility index (Phi) is 6.09. The summed E-state index contributed by atoms with van der Waals surface area (Å²) in [7, 11) is 0. The van der Waals surface area contributed by atoms with Crippen LogP contribution in [0.2, 0.25) is 0 Å². The second-order valence-corrected chi connectivity index (χ2v) is 9.85. The number of benzene rings is 1. The first kappa shape index (κ1) is 24.4. The number of fused-ring (bicyclic) bond motifs is 2. The van der Waals surface area contributed by atoms with Gasteiger partial charge >= 0.3 is 6.18 Å². The first-order chi connectivity index (χ1) is 17.0. The molecule has 3 N–H and O–H groups in total. The van der Waals surface area contributed by atoms with E-state index in [9.17, 15) is 18.3 Å². The normalized spacial score (nSPS) is 18.2. The van der Waals surface area contributed by atoms with E-state index < -0.39 is 17.8 Å². The van der Waals surface area contributed by atoms with Crippen LogP contribution in [0.1, 0.15) is 31.9 Å². The van der Waals surface area contributed by atoms with Crippen LogP contribution in [0.15, 0.2) is 48.7 Å². The smallest absolute Gasteiger partial charge is 0.408 e. The number of nitrogens with two attached hydrogens (primary N) is 1. The largest absolute Gasteiger partial charge is 0.491 e. The van der Waals surface area contributed by atoms with Crippen LogP contribution in [0.5, 0.6) is 5.75 Å². The van der Waals surface area contributed by atoms with Crippen LogP contribution in [-0.2, 0) is 0 Å². The van der Waals surface area contributed by atoms with Crippen molar-refractivity contribution in [3.63, 3.8) is 0 Å². The van der Waals surface area contributed by atoms with Crippen molar-refractivity contribution in [3.8, 4) is 17.3 Å². The van der Waals surface area contributed by atoms with E-state index >= 15 is 0 Å². The Labute approximate surface area is 205 Å². The van der Waals surface area contributed by atoms with Crippen molar-refractivity contribution in [2.45, 2.75) is 44.1 Å². The Morgan fingerprint density at radius 2 is 1.92 bits per heavy atom. The predicted molar refractivity (Wildman–Crippen MR) is 128 cm³/mol. The fourth-order valence-corrected chi connectivity index (χ4v) is 4.47. The van der Waals surface area contributed by atoms with Crippen molar-refractivity contribution >= 4 is 16.6 Å². The lowest BCUT2D eigenvalue weighted by molar-refractivity contribution is -0.183. The minimum Gasteiger partial charge on any atom is -0.491 e. The van der Waals surface area contributed by atoms with Gasteiger partial charge in [0.25, 0.3) is 0 Å². The van der Waals surface area contributed by atoms with Crippen LogP contribution in [-0.4, -0.2) is 67.1 Å². The van der Waals surface area contributed by atoms with Gasteiger partial charge in [0.15, 0.2) is 11.5 Å². The molecular weight excluding hydrogens is 473 g/mol. The van der Waals surface area contributed by atoms with Crippen LogP contribution in [0.3, 0.4) is 0 Å². The van der Waals surface area contributed by atoms with Gasteiger partial charge in [0, 0.05) is 36.8 Å². The molecule has 2 atom stereocenters. The Morgan fingerprint density at radius 1 is 1.14 bits per heavy atom. The van der Waals surface area contributed by atoms with Crippen molar-refractivity contribution in [1.82, 2.24) is 24.5 Å². The number of ether oxygens (including phenoxy) is 1. The summed E-state index contributed by atoms with van der Waals surface area (Å²) in [6.45, 7) is 3.87. The molecule has 4 aromatic rings. The molecule has 1 aliphatic rings. The van der Waals surface area contributed by atoms with Gasteiger partial charge in [-0.3, -0.25) is 9.30 Å². The van der Waals surface area contributed by atoms with E-state index in [1.54, 1.807) is 32.0 Å². The number of alkyl halides is 3. The van der Waals surface area contributed by atoms with Gasteiger partial charge in [-0.1, -0.05) is 12.1 Å². The summed E-state index contributed by atoms with van der Waals surface area (Å²) >= 11 is 0. The number of halogens is 3. The minimum atomic E-state index is -4.47. The van der Waals surface area contributed by atoms with Gasteiger partial charge in [-0.25, -0.2) is 4.98 Å². The molecule has 0 spiro atoms. The number of hydrogen-bond donors (Lipinski definition) is 2. The first-order valence-corrected chi connectivity index (χ1v) is 11.7. The third kappa shape index (κ3) is 4.99. The maximum absolute atomic E-state index is 14.1. The lowest BCUT2D eigenvalue weighted by Crippen LogP contribution is -2.38. The molecule has 190 valence electrons. The average molecular weight is 501 g/mol. The van der Waals surface area contributed by atoms with Crippen molar-refractivity contribution < 1.29 is 23.0 Å². The van der Waals surface area contributed by atoms with Crippen LogP contribution in [0.4, 0.5) is 13.2 Å². The summed E-state index contributed by atoms with van der Waals surface area (Å²) in [6.07, 6.45) is -2.51. The van der Waals surface area contributed by atoms with Gasteiger partial charge in [0.1, 0.15) is 24.1 Å². The summed E-state index contributed by atoms with van der Waals surface area (Å²) in [6, 6.07) is 9.91. The second kappa shape index (κ2) is 8.99. The molecule has 1 aromatic carbocycles. The van der Waals surface area contributed by atoms with E-state index in [1.165, 1.54) is 27.6 Å². The van der Waals surface area contributed by atoms with Crippen LogP contribution < -0.4 is 10.5 Å². The summed E-state index contributed by atoms with van der Waals surface area (Å²) in [5.74, 6) is 0.870. The molecule has 8 nitrogen and oxygen atoms in total. The molecule has 11 heteroatoms. The maximum Gasteiger partial charge on any atom is 0.408 e. The van der Waals surface area contributed by atoms with E-state index in [0.29, 0.717) is 34.9 Å². The highest BCUT2D eigenvalue weighted by Crippen LogP contribution is 2.39. The van der Waals surface area contributed by atoms with E-state index in [4.69, 9.17) is 10.5 Å². The maximum atomic E-state index is 14.1. The molecule has 0 saturated carbocycles. The fourth-order valence-electron chi connectivity index (χ4n) is 4.47. The van der Waals surface area contributed by atoms with Crippen LogP contribution in [0, 0.1) is 0 Å². The Bertz CT molecular complexity index is 1400. The molecule has 5 rings (SSSR count). The Morgan fingerprint density at radius 3 is 2.61 bits per heavy atom. The quantitative estimate of drug-likeness (QED) is 0.416. The third-order valence-electron chi connectivity index (χ3n) is 6.16. The highest BCUT2D eigenvalue weighted by Gasteiger charge is 2.46. The number of likely N-dealkylation sites (tertiary alicyclic amines) is 1. The van der Waals surface area contributed by atoms with Crippen molar-refractivity contribution in [2.75, 3.05) is 19.7 Å². The molecule has 36 heavy (non-hydrogen) atoms. The summed E-state index contributed by atoms with van der Waals surface area (Å²) < 4.78 is 49.6. The van der Waals surface area contributed by atoms with Crippen LogP contribution >= 0.6 is 0 Å². The van der Waals surface area contributed by atoms with Crippen LogP contribution in [0.25, 0.3) is 28.1 Å². The fraction of sp³-hybridized carbons (Fsp3) is 0.400. The zero-order valence-corrected chi connectivity index (χ0v) is 19.9. The topological polar surface area (TPSA) is 102 Å². The van der Waals surface area contributed by atoms with E-state index in [-0.39, 0.29) is 31.3 Å². The van der Waals surface area contributed by atoms with Crippen molar-refractivity contribution in [2.24, 2.45) is 5.73 Å². The average Bonchev–Trinajstić information content (AvgIpc) is 3.42. The van der Waals surface area contributed by atoms with Crippen molar-refractivity contribution in [3.05, 3.63) is 54.2 Å². The zero-order chi connectivity index (χ0) is 25.7. The van der Waals surface area contributed by atoms with Crippen molar-refractivity contribution in [1.29, 1.82) is 0 Å². The SMILES string of the molecule is CC(C)(O)COc1ccc2ccc(-c3nnc4ccc(C(N5CCC(N)C5)C(F)(F)F)cn34)nc2c1. The van der Waals surface area contributed by atoms with E-state index in [2.05, 4.69) is 15.2 Å². The summed E-state index contributed by atoms with van der Waals surface area (Å²) in [5.41, 5.74) is 6.48. The molecule has 3 aromatic heterocycles. The van der Waals surface area contributed by atoms with E-state index in [0.717, 1.165) is 5.39 Å². The second-order valence-electron chi connectivity index (χ2n) is 9.85. The summed E-state index contributed by atoms with van der Waals surface area (Å²) in [4.78, 5) is 6.04. The summed E-state index contributed by atoms with van der Waals surface area (Å²) in [5, 5.41) is 19.1. The number of hydrogen-bond acceptors (Lipinski definition) is 7. The lowest BCUT2D eigenvalue weighted by Gasteiger charge is -2.30. The highest BCUT2D eigenvalue weighted by molar-refractivity contribution is 5.82. The number of aliphatic hydroxyl groups is 1. The standard InChI is InChI=1S/C25H27F3N6O2/c1-24(2,35)14-36-18-6-3-15-4-7-19(30-20(15)11-18)23-32-31-21-8-5-16(12-34(21)23)22(25(26,27)28)33-10-9-17(29)13-33/h3-8,11-12,17,22,35H,9-10,13-14,29H2,1-2H3. The van der Waals surface area contributed by atoms with Gasteiger partial charge < -0.3 is 15.6 Å². The molecule has 0 radical (unpaired) electrons. The van der Waals surface area contributed by atoms with Gasteiger partial charge in [-0.15, -0.1) is 10.2 Å². The van der Waals surface area contributed by atoms with Gasteiger partial charge in [0.05, 0.1) is 11.1 Å². The van der Waals surface area contributed by atoms with Gasteiger partial charge in [-0.2, -0.15) is 13.2 Å². The Hall–Kier alpha value is -3.28. The molecule has 4 heterocycles. The molecular formula is C25H27F3N6O2. The van der Waals surface area contributed by atoms with E-state index in [1.807, 2.05) is 12.1 Å². The minimum absolute atomic E-state index is 0.0910. The predicted octanol–water partition coefficient (Wildman–Crippen LogP) is 3.73. The number of rotatable bonds is 6. The zero-order valence-electron chi connectivity index (χ0n) is 19.9. The third-order valence-corrected chi connectivity index (χ3v) is 6.16. The molecule has 1 fully saturated rings. The molecule has 2 unspecified atom stereocenters. The number of nitrogens with zero attached hydrogens (tertiary/aromatic N) is 5. The Balaban J connectivity index is 1.52. The number of aromatic nitrogens is 4. The molecule has 0 amide bonds. The van der Waals surface area contributed by atoms with Gasteiger partial charge in [-0.05, 0) is 50.1 Å². The molecule has 0 bridgehead atoms. The highest BCUT2D eigenvalue weighted by atomic mass is 19.4. The molecule has 0 aliphatic carbocycles. The molecule has 1 aliphatic heterocycles. The van der Waals surface area contributed by atoms with Gasteiger partial charge in [0.2, 0.25) is 0 Å². The lowest BCUT2D eigenvalue weighted by atomic mass is 10.1. The number of pyridine rings is 2. The molecule has 1 saturated heterocycles.